The fraction of sp³-hybridized carbons (Fsp3) is 0.333. The fourth-order valence-corrected chi connectivity index (χ4v) is 1.31. The molecule has 1 rings (SSSR count). The molecule has 0 aliphatic heterocycles. The fourth-order valence-electron chi connectivity index (χ4n) is 1.11. The van der Waals surface area contributed by atoms with E-state index in [1.807, 2.05) is 18.2 Å². The predicted octanol–water partition coefficient (Wildman–Crippen LogP) is 1.88. The summed E-state index contributed by atoms with van der Waals surface area (Å²) in [6.07, 6.45) is 0. The number of nitrogens with two attached hydrogens (primary N) is 1. The largest absolute Gasteiger partial charge is 0.380 e. The lowest BCUT2D eigenvalue weighted by atomic mass is 10.1. The maximum absolute atomic E-state index is 5.82. The highest BCUT2D eigenvalue weighted by Gasteiger charge is 2.02. The summed E-state index contributed by atoms with van der Waals surface area (Å²) in [5.74, 6) is 4.99. The maximum Gasteiger partial charge on any atom is 0.0934 e. The average Bonchev–Trinajstić information content (AvgIpc) is 2.10. The molecule has 3 nitrogen and oxygen atoms in total. The minimum atomic E-state index is 0.346. The first-order valence-electron chi connectivity index (χ1n) is 3.86. The van der Waals surface area contributed by atoms with Gasteiger partial charge in [-0.3, -0.25) is 4.84 Å². The molecule has 1 aromatic rings. The van der Waals surface area contributed by atoms with Crippen LogP contribution in [0.3, 0.4) is 0 Å². The van der Waals surface area contributed by atoms with Crippen LogP contribution >= 0.6 is 11.6 Å². The minimum Gasteiger partial charge on any atom is -0.380 e. The van der Waals surface area contributed by atoms with E-state index in [0.717, 1.165) is 11.1 Å². The lowest BCUT2D eigenvalue weighted by Crippen LogP contribution is -2.03. The van der Waals surface area contributed by atoms with Crippen molar-refractivity contribution >= 4 is 11.6 Å². The van der Waals surface area contributed by atoms with Crippen molar-refractivity contribution in [2.75, 3.05) is 7.11 Å². The highest BCUT2D eigenvalue weighted by atomic mass is 35.5. The van der Waals surface area contributed by atoms with E-state index in [9.17, 15) is 0 Å². The van der Waals surface area contributed by atoms with Gasteiger partial charge in [0.05, 0.1) is 13.2 Å². The average molecular weight is 202 g/mol. The molecule has 0 bridgehead atoms. The Hall–Kier alpha value is -0.610. The van der Waals surface area contributed by atoms with Crippen molar-refractivity contribution in [3.05, 3.63) is 34.3 Å². The number of hydrogen-bond donors (Lipinski definition) is 1. The van der Waals surface area contributed by atoms with Crippen LogP contribution < -0.4 is 5.90 Å². The zero-order valence-corrected chi connectivity index (χ0v) is 8.17. The number of ether oxygens (including phenoxy) is 1. The first-order chi connectivity index (χ1) is 6.27. The highest BCUT2D eigenvalue weighted by Crippen LogP contribution is 2.17. The molecule has 2 N–H and O–H groups in total. The van der Waals surface area contributed by atoms with Gasteiger partial charge in [-0.05, 0) is 23.3 Å². The van der Waals surface area contributed by atoms with E-state index in [4.69, 9.17) is 22.2 Å². The number of hydrogen-bond acceptors (Lipinski definition) is 3. The molecule has 13 heavy (non-hydrogen) atoms. The van der Waals surface area contributed by atoms with Gasteiger partial charge in [0.1, 0.15) is 0 Å². The zero-order chi connectivity index (χ0) is 9.68. The summed E-state index contributed by atoms with van der Waals surface area (Å²) in [6, 6.07) is 5.54. The van der Waals surface area contributed by atoms with E-state index in [2.05, 4.69) is 4.84 Å². The quantitative estimate of drug-likeness (QED) is 0.757. The third kappa shape index (κ3) is 2.97. The molecule has 0 heterocycles. The summed E-state index contributed by atoms with van der Waals surface area (Å²) in [6.45, 7) is 0.884. The van der Waals surface area contributed by atoms with Gasteiger partial charge in [0.25, 0.3) is 0 Å². The van der Waals surface area contributed by atoms with Gasteiger partial charge >= 0.3 is 0 Å². The van der Waals surface area contributed by atoms with Crippen LogP contribution in [0.4, 0.5) is 0 Å². The Balaban J connectivity index is 2.89. The third-order valence-electron chi connectivity index (χ3n) is 1.71. The monoisotopic (exact) mass is 201 g/mol. The van der Waals surface area contributed by atoms with Crippen LogP contribution in [0.25, 0.3) is 0 Å². The summed E-state index contributed by atoms with van der Waals surface area (Å²) < 4.78 is 5.02. The van der Waals surface area contributed by atoms with Crippen molar-refractivity contribution in [2.45, 2.75) is 13.2 Å². The molecule has 0 spiro atoms. The second-order valence-electron chi connectivity index (χ2n) is 2.66. The first kappa shape index (κ1) is 10.5. The molecule has 0 aliphatic carbocycles. The lowest BCUT2D eigenvalue weighted by Gasteiger charge is -2.07. The number of rotatable bonds is 4. The Morgan fingerprint density at radius 3 is 2.69 bits per heavy atom. The molecule has 0 unspecified atom stereocenters. The SMILES string of the molecule is COCc1ccc(Cl)cc1CON. The van der Waals surface area contributed by atoms with Crippen LogP contribution in [0.1, 0.15) is 11.1 Å². The Morgan fingerprint density at radius 2 is 2.08 bits per heavy atom. The Morgan fingerprint density at radius 1 is 1.31 bits per heavy atom. The van der Waals surface area contributed by atoms with E-state index >= 15 is 0 Å². The molecule has 0 amide bonds. The maximum atomic E-state index is 5.82. The summed E-state index contributed by atoms with van der Waals surface area (Å²) in [5, 5.41) is 0.673. The van der Waals surface area contributed by atoms with E-state index in [1.165, 1.54) is 0 Å². The summed E-state index contributed by atoms with van der Waals surface area (Å²) >= 11 is 5.82. The summed E-state index contributed by atoms with van der Waals surface area (Å²) in [7, 11) is 1.64. The molecular formula is C9H12ClNO2. The molecule has 0 radical (unpaired) electrons. The van der Waals surface area contributed by atoms with Crippen molar-refractivity contribution in [2.24, 2.45) is 5.90 Å². The molecule has 0 saturated carbocycles. The van der Waals surface area contributed by atoms with Crippen LogP contribution in [-0.2, 0) is 22.8 Å². The van der Waals surface area contributed by atoms with Crippen LogP contribution in [-0.4, -0.2) is 7.11 Å². The Bertz CT molecular complexity index is 278. The normalized spacial score (nSPS) is 10.4. The van der Waals surface area contributed by atoms with E-state index < -0.39 is 0 Å². The van der Waals surface area contributed by atoms with Crippen molar-refractivity contribution in [3.8, 4) is 0 Å². The van der Waals surface area contributed by atoms with Crippen LogP contribution in [0.5, 0.6) is 0 Å². The van der Waals surface area contributed by atoms with Crippen LogP contribution in [0.15, 0.2) is 18.2 Å². The number of halogens is 1. The summed E-state index contributed by atoms with van der Waals surface area (Å²) in [5.41, 5.74) is 1.99. The second kappa shape index (κ2) is 5.19. The highest BCUT2D eigenvalue weighted by molar-refractivity contribution is 6.30. The van der Waals surface area contributed by atoms with Crippen molar-refractivity contribution in [1.82, 2.24) is 0 Å². The summed E-state index contributed by atoms with van der Waals surface area (Å²) in [4.78, 5) is 4.56. The Kier molecular flexibility index (Phi) is 4.18. The topological polar surface area (TPSA) is 44.5 Å². The standard InChI is InChI=1S/C9H12ClNO2/c1-12-5-7-2-3-9(10)4-8(7)6-13-11/h2-4H,5-6,11H2,1H3. The second-order valence-corrected chi connectivity index (χ2v) is 3.09. The van der Waals surface area contributed by atoms with Gasteiger partial charge in [-0.2, -0.15) is 0 Å². The smallest absolute Gasteiger partial charge is 0.0934 e. The predicted molar refractivity (Wildman–Crippen MR) is 51.1 cm³/mol. The van der Waals surface area contributed by atoms with Crippen molar-refractivity contribution < 1.29 is 9.57 Å². The molecule has 0 fully saturated rings. The van der Waals surface area contributed by atoms with Gasteiger partial charge in [-0.1, -0.05) is 17.7 Å². The Labute approximate surface area is 82.4 Å². The molecule has 1 aromatic carbocycles. The molecule has 0 atom stereocenters. The van der Waals surface area contributed by atoms with Gasteiger partial charge in [0, 0.05) is 12.1 Å². The third-order valence-corrected chi connectivity index (χ3v) is 1.94. The van der Waals surface area contributed by atoms with Gasteiger partial charge in [-0.15, -0.1) is 0 Å². The first-order valence-corrected chi connectivity index (χ1v) is 4.23. The molecule has 0 saturated heterocycles. The molecule has 4 heteroatoms. The van der Waals surface area contributed by atoms with Gasteiger partial charge in [-0.25, -0.2) is 5.90 Å². The molecule has 72 valence electrons. The minimum absolute atomic E-state index is 0.346. The number of benzene rings is 1. The molecule has 0 aromatic heterocycles. The van der Waals surface area contributed by atoms with E-state index in [-0.39, 0.29) is 0 Å². The number of methoxy groups -OCH3 is 1. The van der Waals surface area contributed by atoms with Crippen molar-refractivity contribution in [1.29, 1.82) is 0 Å². The van der Waals surface area contributed by atoms with Crippen LogP contribution in [0, 0.1) is 0 Å². The molecular weight excluding hydrogens is 190 g/mol. The lowest BCUT2D eigenvalue weighted by molar-refractivity contribution is 0.120. The van der Waals surface area contributed by atoms with Gasteiger partial charge < -0.3 is 4.74 Å². The van der Waals surface area contributed by atoms with Gasteiger partial charge in [0.15, 0.2) is 0 Å². The van der Waals surface area contributed by atoms with E-state index in [0.29, 0.717) is 18.2 Å². The van der Waals surface area contributed by atoms with Gasteiger partial charge in [0.2, 0.25) is 0 Å². The van der Waals surface area contributed by atoms with Crippen LogP contribution in [0.2, 0.25) is 5.02 Å². The van der Waals surface area contributed by atoms with E-state index in [1.54, 1.807) is 7.11 Å². The molecule has 0 aliphatic rings. The van der Waals surface area contributed by atoms with Crippen molar-refractivity contribution in [3.63, 3.8) is 0 Å². The zero-order valence-electron chi connectivity index (χ0n) is 7.42.